The number of piperazine rings is 1. The van der Waals surface area contributed by atoms with E-state index in [1.807, 2.05) is 24.3 Å². The highest BCUT2D eigenvalue weighted by molar-refractivity contribution is 6.31. The van der Waals surface area contributed by atoms with Crippen molar-refractivity contribution in [3.63, 3.8) is 0 Å². The number of rotatable bonds is 8. The summed E-state index contributed by atoms with van der Waals surface area (Å²) >= 11 is 6.14. The molecule has 0 spiro atoms. The first kappa shape index (κ1) is 20.8. The van der Waals surface area contributed by atoms with Crippen LogP contribution < -0.4 is 5.32 Å². The molecule has 0 radical (unpaired) electrons. The molecule has 0 unspecified atom stereocenters. The summed E-state index contributed by atoms with van der Waals surface area (Å²) < 4.78 is 0. The lowest BCUT2D eigenvalue weighted by molar-refractivity contribution is -0.121. The van der Waals surface area contributed by atoms with Gasteiger partial charge < -0.3 is 10.2 Å². The van der Waals surface area contributed by atoms with Gasteiger partial charge in [-0.2, -0.15) is 0 Å². The van der Waals surface area contributed by atoms with E-state index in [2.05, 4.69) is 46.3 Å². The fourth-order valence-corrected chi connectivity index (χ4v) is 3.75. The average Bonchev–Trinajstić information content (AvgIpc) is 2.73. The second-order valence-corrected chi connectivity index (χ2v) is 7.80. The van der Waals surface area contributed by atoms with E-state index in [1.165, 1.54) is 5.56 Å². The molecule has 2 aromatic carbocycles. The van der Waals surface area contributed by atoms with Gasteiger partial charge in [0.2, 0.25) is 5.91 Å². The van der Waals surface area contributed by atoms with Crippen LogP contribution in [0.2, 0.25) is 5.02 Å². The lowest BCUT2D eigenvalue weighted by Crippen LogP contribution is -2.45. The van der Waals surface area contributed by atoms with Gasteiger partial charge in [0.05, 0.1) is 0 Å². The molecule has 1 fully saturated rings. The number of hydrogen-bond acceptors (Lipinski definition) is 3. The second-order valence-electron chi connectivity index (χ2n) is 7.40. The summed E-state index contributed by atoms with van der Waals surface area (Å²) in [4.78, 5) is 17.1. The minimum absolute atomic E-state index is 0.0535. The number of benzene rings is 2. The monoisotopic (exact) mass is 399 g/mol. The highest BCUT2D eigenvalue weighted by atomic mass is 35.5. The molecule has 0 bridgehead atoms. The molecule has 0 atom stereocenters. The van der Waals surface area contributed by atoms with E-state index in [1.54, 1.807) is 0 Å². The summed E-state index contributed by atoms with van der Waals surface area (Å²) in [5.41, 5.74) is 3.48. The summed E-state index contributed by atoms with van der Waals surface area (Å²) in [6, 6.07) is 16.3. The third-order valence-corrected chi connectivity index (χ3v) is 5.78. The molecular formula is C23H30ClN3O. The second kappa shape index (κ2) is 10.6. The molecule has 1 aliphatic rings. The fourth-order valence-electron chi connectivity index (χ4n) is 3.52. The number of amides is 1. The number of nitrogens with one attached hydrogen (secondary N) is 1. The van der Waals surface area contributed by atoms with Crippen molar-refractivity contribution in [2.45, 2.75) is 32.9 Å². The number of halogens is 1. The Morgan fingerprint density at radius 3 is 2.29 bits per heavy atom. The summed E-state index contributed by atoms with van der Waals surface area (Å²) in [5, 5.41) is 3.73. The molecule has 1 saturated heterocycles. The zero-order chi connectivity index (χ0) is 19.8. The van der Waals surface area contributed by atoms with E-state index in [0.29, 0.717) is 19.4 Å². The van der Waals surface area contributed by atoms with E-state index in [9.17, 15) is 4.79 Å². The normalized spacial score (nSPS) is 15.5. The first-order chi connectivity index (χ1) is 13.6. The Balaban J connectivity index is 1.39. The van der Waals surface area contributed by atoms with Gasteiger partial charge in [0, 0.05) is 50.7 Å². The SMILES string of the molecule is CCN1CCN(Cc2ccc(CNC(=O)CCc3ccccc3Cl)cc2)CC1. The standard InChI is InChI=1S/C23H30ClN3O/c1-2-26-13-15-27(16-14-26)18-20-9-7-19(8-10-20)17-25-23(28)12-11-21-5-3-4-6-22(21)24/h3-10H,2,11-18H2,1H3,(H,25,28). The summed E-state index contributed by atoms with van der Waals surface area (Å²) in [6.45, 7) is 9.53. The topological polar surface area (TPSA) is 35.6 Å². The van der Waals surface area contributed by atoms with Crippen LogP contribution in [0.5, 0.6) is 0 Å². The highest BCUT2D eigenvalue weighted by Gasteiger charge is 2.15. The van der Waals surface area contributed by atoms with E-state index < -0.39 is 0 Å². The fraction of sp³-hybridized carbons (Fsp3) is 0.435. The molecule has 3 rings (SSSR count). The van der Waals surface area contributed by atoms with Crippen LogP contribution in [-0.2, 0) is 24.3 Å². The van der Waals surface area contributed by atoms with Gasteiger partial charge in [0.25, 0.3) is 0 Å². The minimum Gasteiger partial charge on any atom is -0.352 e. The predicted octanol–water partition coefficient (Wildman–Crippen LogP) is 3.73. The number of carbonyl (C=O) groups is 1. The van der Waals surface area contributed by atoms with Crippen LogP contribution in [0.15, 0.2) is 48.5 Å². The first-order valence-corrected chi connectivity index (χ1v) is 10.5. The number of nitrogens with zero attached hydrogens (tertiary/aromatic N) is 2. The van der Waals surface area contributed by atoms with Gasteiger partial charge in [-0.05, 0) is 35.7 Å². The Bertz CT molecular complexity index is 755. The van der Waals surface area contributed by atoms with E-state index in [4.69, 9.17) is 11.6 Å². The molecule has 5 heteroatoms. The molecule has 2 aromatic rings. The zero-order valence-electron chi connectivity index (χ0n) is 16.7. The van der Waals surface area contributed by atoms with Crippen LogP contribution in [0.25, 0.3) is 0 Å². The van der Waals surface area contributed by atoms with Gasteiger partial charge in [0.15, 0.2) is 0 Å². The van der Waals surface area contributed by atoms with Crippen LogP contribution in [0.4, 0.5) is 0 Å². The molecule has 1 N–H and O–H groups in total. The van der Waals surface area contributed by atoms with Crippen molar-refractivity contribution >= 4 is 17.5 Å². The Morgan fingerprint density at radius 2 is 1.61 bits per heavy atom. The Morgan fingerprint density at radius 1 is 0.964 bits per heavy atom. The third-order valence-electron chi connectivity index (χ3n) is 5.41. The van der Waals surface area contributed by atoms with Crippen molar-refractivity contribution < 1.29 is 4.79 Å². The molecule has 0 aliphatic carbocycles. The molecule has 150 valence electrons. The van der Waals surface area contributed by atoms with Gasteiger partial charge in [-0.1, -0.05) is 61.0 Å². The van der Waals surface area contributed by atoms with Gasteiger partial charge in [-0.25, -0.2) is 0 Å². The first-order valence-electron chi connectivity index (χ1n) is 10.2. The number of hydrogen-bond donors (Lipinski definition) is 1. The molecule has 1 aliphatic heterocycles. The minimum atomic E-state index is 0.0535. The third kappa shape index (κ3) is 6.33. The lowest BCUT2D eigenvalue weighted by atomic mass is 10.1. The van der Waals surface area contributed by atoms with Crippen LogP contribution in [0, 0.1) is 0 Å². The summed E-state index contributed by atoms with van der Waals surface area (Å²) in [5.74, 6) is 0.0535. The maximum absolute atomic E-state index is 12.1. The van der Waals surface area contributed by atoms with Crippen molar-refractivity contribution in [2.24, 2.45) is 0 Å². The molecular weight excluding hydrogens is 370 g/mol. The molecule has 0 aromatic heterocycles. The van der Waals surface area contributed by atoms with Crippen molar-refractivity contribution in [3.05, 3.63) is 70.2 Å². The summed E-state index contributed by atoms with van der Waals surface area (Å²) in [7, 11) is 0. The molecule has 28 heavy (non-hydrogen) atoms. The van der Waals surface area contributed by atoms with Crippen LogP contribution in [0.3, 0.4) is 0 Å². The molecule has 4 nitrogen and oxygen atoms in total. The number of carbonyl (C=O) groups excluding carboxylic acids is 1. The maximum Gasteiger partial charge on any atom is 0.220 e. The Kier molecular flexibility index (Phi) is 7.90. The Hall–Kier alpha value is -1.88. The predicted molar refractivity (Wildman–Crippen MR) is 115 cm³/mol. The van der Waals surface area contributed by atoms with Crippen molar-refractivity contribution in [1.29, 1.82) is 0 Å². The van der Waals surface area contributed by atoms with E-state index in [0.717, 1.165) is 55.4 Å². The van der Waals surface area contributed by atoms with Crippen molar-refractivity contribution in [1.82, 2.24) is 15.1 Å². The smallest absolute Gasteiger partial charge is 0.220 e. The van der Waals surface area contributed by atoms with Gasteiger partial charge >= 0.3 is 0 Å². The largest absolute Gasteiger partial charge is 0.352 e. The highest BCUT2D eigenvalue weighted by Crippen LogP contribution is 2.16. The van der Waals surface area contributed by atoms with Gasteiger partial charge in [0.1, 0.15) is 0 Å². The van der Waals surface area contributed by atoms with Crippen molar-refractivity contribution in [2.75, 3.05) is 32.7 Å². The number of aryl methyl sites for hydroxylation is 1. The van der Waals surface area contributed by atoms with Crippen LogP contribution >= 0.6 is 11.6 Å². The van der Waals surface area contributed by atoms with E-state index in [-0.39, 0.29) is 5.91 Å². The van der Waals surface area contributed by atoms with Gasteiger partial charge in [-0.15, -0.1) is 0 Å². The zero-order valence-corrected chi connectivity index (χ0v) is 17.4. The quantitative estimate of drug-likeness (QED) is 0.734. The van der Waals surface area contributed by atoms with Crippen LogP contribution in [0.1, 0.15) is 30.0 Å². The lowest BCUT2D eigenvalue weighted by Gasteiger charge is -2.34. The van der Waals surface area contributed by atoms with Crippen molar-refractivity contribution in [3.8, 4) is 0 Å². The summed E-state index contributed by atoms with van der Waals surface area (Å²) in [6.07, 6.45) is 1.11. The maximum atomic E-state index is 12.1. The van der Waals surface area contributed by atoms with Gasteiger partial charge in [-0.3, -0.25) is 9.69 Å². The average molecular weight is 400 g/mol. The van der Waals surface area contributed by atoms with Crippen LogP contribution in [-0.4, -0.2) is 48.4 Å². The molecule has 1 heterocycles. The van der Waals surface area contributed by atoms with E-state index >= 15 is 0 Å². The molecule has 1 amide bonds. The Labute approximate surface area is 173 Å². The molecule has 0 saturated carbocycles. The number of likely N-dealkylation sites (N-methyl/N-ethyl adjacent to an activating group) is 1.